The summed E-state index contributed by atoms with van der Waals surface area (Å²) in [6, 6.07) is 5.78. The minimum Gasteiger partial charge on any atom is -0.385 e. The standard InChI is InChI=1S/C53H61ClF8N10O3/c1-3-9-36(63)43-35(54)10-11-40(45(43)65-17-8-21-75-2)72-50(68-49-44(51(72)74)38(64-16-7-20-70-18-5-4-6-19-70)27-37(67-49)30-12-14-52(59,60)15-13-30)39(24-29-22-31(55)25-32(56)23-29)66-41(73)28-71-47-42(46(69-71)48(57)58)33-26-34(33)53(47,61)62/h10-11,22-23,25,27,30,33-34,39,48,63,65H,3-9,12-21,24,26,28H2,1-2H3,(H,64,67)(H,66,73). The van der Waals surface area contributed by atoms with Crippen LogP contribution in [-0.2, 0) is 28.4 Å². The number of halogens is 9. The number of piperidine rings is 1. The van der Waals surface area contributed by atoms with Crippen LogP contribution >= 0.6 is 11.6 Å². The van der Waals surface area contributed by atoms with Crippen molar-refractivity contribution in [1.29, 1.82) is 5.41 Å². The van der Waals surface area contributed by atoms with Crippen LogP contribution in [0.3, 0.4) is 0 Å². The maximum atomic E-state index is 16.0. The van der Waals surface area contributed by atoms with Gasteiger partial charge in [0.05, 0.1) is 28.1 Å². The van der Waals surface area contributed by atoms with Crippen molar-refractivity contribution in [2.75, 3.05) is 57.1 Å². The maximum absolute atomic E-state index is 16.0. The number of nitrogens with zero attached hydrogens (tertiary/aromatic N) is 6. The van der Waals surface area contributed by atoms with Crippen molar-refractivity contribution in [3.8, 4) is 5.69 Å². The minimum atomic E-state index is -3.57. The monoisotopic (exact) mass is 1070 g/mol. The van der Waals surface area contributed by atoms with Gasteiger partial charge in [-0.2, -0.15) is 13.9 Å². The van der Waals surface area contributed by atoms with E-state index in [0.29, 0.717) is 54.5 Å². The van der Waals surface area contributed by atoms with Gasteiger partial charge in [-0.15, -0.1) is 0 Å². The predicted octanol–water partition coefficient (Wildman–Crippen LogP) is 11.4. The van der Waals surface area contributed by atoms with E-state index in [9.17, 15) is 27.8 Å². The van der Waals surface area contributed by atoms with Crippen LogP contribution in [0.15, 0.2) is 41.2 Å². The third kappa shape index (κ3) is 11.6. The normalized spacial score (nSPS) is 19.5. The minimum absolute atomic E-state index is 0.0125. The molecule has 404 valence electrons. The molecule has 4 aliphatic rings. The van der Waals surface area contributed by atoms with Gasteiger partial charge in [0.15, 0.2) is 5.65 Å². The fraction of sp³-hybridized carbons (Fsp3) is 0.547. The highest BCUT2D eigenvalue weighted by atomic mass is 35.5. The van der Waals surface area contributed by atoms with Crippen molar-refractivity contribution < 1.29 is 44.7 Å². The van der Waals surface area contributed by atoms with Crippen molar-refractivity contribution >= 4 is 45.6 Å². The molecule has 4 heterocycles. The lowest BCUT2D eigenvalue weighted by atomic mass is 9.84. The number of pyridine rings is 1. The van der Waals surface area contributed by atoms with Gasteiger partial charge in [0.1, 0.15) is 40.8 Å². The van der Waals surface area contributed by atoms with Gasteiger partial charge < -0.3 is 31.0 Å². The topological polar surface area (TPSA) is 155 Å². The van der Waals surface area contributed by atoms with Crippen molar-refractivity contribution in [1.82, 2.24) is 34.5 Å². The summed E-state index contributed by atoms with van der Waals surface area (Å²) in [6.45, 7) is 4.54. The molecule has 3 fully saturated rings. The highest BCUT2D eigenvalue weighted by molar-refractivity contribution is 6.35. The molecule has 75 heavy (non-hydrogen) atoms. The SMILES string of the molecule is CCCC(=N)c1c(Cl)ccc(-n2c(C(Cc3cc(F)cc(F)c3)NC(=O)Cn3nc(C(F)F)c4c3C(F)(F)C3CC43)nc3nc(C4CCC(F)(F)CC4)cc(NCCCN4CCCCC4)c3c2=O)c1NCCCOC. The second kappa shape index (κ2) is 22.5. The number of fused-ring (bicyclic) bond motifs is 4. The number of hydrogen-bond donors (Lipinski definition) is 4. The summed E-state index contributed by atoms with van der Waals surface area (Å²) >= 11 is 6.92. The molecule has 0 bridgehead atoms. The molecule has 1 amide bonds. The average Bonchev–Trinajstić information content (AvgIpc) is 4.03. The van der Waals surface area contributed by atoms with E-state index >= 15 is 22.4 Å². The Hall–Kier alpha value is -5.67. The Morgan fingerprint density at radius 2 is 1.69 bits per heavy atom. The van der Waals surface area contributed by atoms with Gasteiger partial charge in [-0.25, -0.2) is 36.3 Å². The molecule has 9 rings (SSSR count). The van der Waals surface area contributed by atoms with Crippen LogP contribution in [0, 0.1) is 23.0 Å². The molecular weight excluding hydrogens is 1010 g/mol. The first-order valence-electron chi connectivity index (χ1n) is 25.9. The van der Waals surface area contributed by atoms with Crippen molar-refractivity contribution in [3.05, 3.63) is 103 Å². The highest BCUT2D eigenvalue weighted by Gasteiger charge is 2.67. The summed E-state index contributed by atoms with van der Waals surface area (Å²) in [5.74, 6) is -12.3. The quantitative estimate of drug-likeness (QED) is 0.0301. The molecular formula is C53H61ClF8N10O3. The first-order chi connectivity index (χ1) is 35.9. The van der Waals surface area contributed by atoms with Gasteiger partial charge in [-0.1, -0.05) is 31.4 Å². The molecule has 1 aliphatic heterocycles. The van der Waals surface area contributed by atoms with E-state index in [1.165, 1.54) is 23.8 Å². The Labute approximate surface area is 433 Å². The van der Waals surface area contributed by atoms with Crippen molar-refractivity contribution in [3.63, 3.8) is 0 Å². The molecule has 13 nitrogen and oxygen atoms in total. The van der Waals surface area contributed by atoms with E-state index < -0.39 is 102 Å². The number of aromatic nitrogens is 5. The molecule has 0 spiro atoms. The lowest BCUT2D eigenvalue weighted by Crippen LogP contribution is -2.38. The van der Waals surface area contributed by atoms with Gasteiger partial charge >= 0.3 is 0 Å². The van der Waals surface area contributed by atoms with E-state index in [1.807, 2.05) is 6.92 Å². The third-order valence-corrected chi connectivity index (χ3v) is 15.2. The van der Waals surface area contributed by atoms with Crippen LogP contribution in [0.5, 0.6) is 0 Å². The van der Waals surface area contributed by atoms with Crippen LogP contribution in [0.1, 0.15) is 148 Å². The first-order valence-corrected chi connectivity index (χ1v) is 26.2. The summed E-state index contributed by atoms with van der Waals surface area (Å²) in [5.41, 5.74) is -1.52. The van der Waals surface area contributed by atoms with E-state index in [-0.39, 0.29) is 87.9 Å². The average molecular weight is 1070 g/mol. The summed E-state index contributed by atoms with van der Waals surface area (Å²) in [7, 11) is 1.53. The Morgan fingerprint density at radius 1 is 0.973 bits per heavy atom. The number of ether oxygens (including phenoxy) is 1. The highest BCUT2D eigenvalue weighted by Crippen LogP contribution is 2.68. The largest absolute Gasteiger partial charge is 0.385 e. The lowest BCUT2D eigenvalue weighted by molar-refractivity contribution is -0.123. The molecule has 1 saturated heterocycles. The number of carbonyl (C=O) groups excluding carboxylic acids is 1. The van der Waals surface area contributed by atoms with Crippen LogP contribution < -0.4 is 21.5 Å². The van der Waals surface area contributed by atoms with E-state index in [4.69, 9.17) is 26.3 Å². The molecule has 2 aromatic carbocycles. The van der Waals surface area contributed by atoms with Crippen LogP contribution in [-0.4, -0.2) is 93.2 Å². The molecule has 3 unspecified atom stereocenters. The number of methoxy groups -OCH3 is 1. The van der Waals surface area contributed by atoms with E-state index in [0.717, 1.165) is 51.0 Å². The zero-order chi connectivity index (χ0) is 53.3. The molecule has 0 radical (unpaired) electrons. The predicted molar refractivity (Wildman–Crippen MR) is 269 cm³/mol. The van der Waals surface area contributed by atoms with Gasteiger partial charge in [0.25, 0.3) is 17.9 Å². The summed E-state index contributed by atoms with van der Waals surface area (Å²) in [6.07, 6.45) is 0.932. The molecule has 3 aliphatic carbocycles. The number of benzene rings is 2. The third-order valence-electron chi connectivity index (χ3n) is 14.9. The Morgan fingerprint density at radius 3 is 2.39 bits per heavy atom. The Kier molecular flexibility index (Phi) is 16.2. The van der Waals surface area contributed by atoms with Crippen LogP contribution in [0.4, 0.5) is 46.5 Å². The fourth-order valence-corrected chi connectivity index (χ4v) is 11.5. The molecule has 4 N–H and O–H groups in total. The molecule has 22 heteroatoms. The number of amides is 1. The van der Waals surface area contributed by atoms with Crippen LogP contribution in [0.2, 0.25) is 5.02 Å². The Balaban J connectivity index is 1.25. The molecule has 5 aromatic rings. The van der Waals surface area contributed by atoms with E-state index in [1.54, 1.807) is 6.07 Å². The van der Waals surface area contributed by atoms with Crippen molar-refractivity contribution in [2.24, 2.45) is 5.92 Å². The number of alkyl halides is 6. The number of rotatable bonds is 22. The molecule has 3 atom stereocenters. The molecule has 2 saturated carbocycles. The molecule has 3 aromatic heterocycles. The van der Waals surface area contributed by atoms with Gasteiger partial charge in [-0.05, 0) is 113 Å². The number of carbonyl (C=O) groups is 1. The first kappa shape index (κ1) is 54.1. The smallest absolute Gasteiger partial charge is 0.293 e. The van der Waals surface area contributed by atoms with Crippen molar-refractivity contribution in [2.45, 2.75) is 133 Å². The Bertz CT molecular complexity index is 2970. The summed E-state index contributed by atoms with van der Waals surface area (Å²) < 4.78 is 127. The summed E-state index contributed by atoms with van der Waals surface area (Å²) in [5, 5.41) is 22.7. The lowest BCUT2D eigenvalue weighted by Gasteiger charge is -2.29. The maximum Gasteiger partial charge on any atom is 0.293 e. The van der Waals surface area contributed by atoms with Gasteiger partial charge in [-0.3, -0.25) is 18.8 Å². The number of nitrogens with one attached hydrogen (secondary N) is 4. The van der Waals surface area contributed by atoms with Crippen LogP contribution in [0.25, 0.3) is 16.7 Å². The fourth-order valence-electron chi connectivity index (χ4n) is 11.2. The van der Waals surface area contributed by atoms with Gasteiger partial charge in [0.2, 0.25) is 11.8 Å². The number of anilines is 2. The zero-order valence-corrected chi connectivity index (χ0v) is 42.6. The second-order valence-corrected chi connectivity index (χ2v) is 20.7. The number of hydrogen-bond acceptors (Lipinski definition) is 10. The number of likely N-dealkylation sites (tertiary alicyclic amines) is 1. The van der Waals surface area contributed by atoms with Gasteiger partial charge in [0, 0.05) is 86.5 Å². The second-order valence-electron chi connectivity index (χ2n) is 20.3. The summed E-state index contributed by atoms with van der Waals surface area (Å²) in [4.78, 5) is 42.8. The zero-order valence-electron chi connectivity index (χ0n) is 41.8. The van der Waals surface area contributed by atoms with E-state index in [2.05, 4.69) is 25.9 Å².